The van der Waals surface area contributed by atoms with Crippen molar-refractivity contribution in [3.8, 4) is 0 Å². The molecule has 0 bridgehead atoms. The number of likely N-dealkylation sites (N-methyl/N-ethyl adjacent to an activating group) is 1. The summed E-state index contributed by atoms with van der Waals surface area (Å²) in [6, 6.07) is 14.5. The molecule has 168 valence electrons. The van der Waals surface area contributed by atoms with Gasteiger partial charge in [-0.15, -0.1) is 0 Å². The zero-order valence-electron chi connectivity index (χ0n) is 19.6. The molecule has 0 saturated heterocycles. The van der Waals surface area contributed by atoms with Crippen LogP contribution in [0.2, 0.25) is 0 Å². The molecular formula is C27H33N3O2. The molecule has 0 spiro atoms. The first kappa shape index (κ1) is 22.3. The Kier molecular flexibility index (Phi) is 6.45. The van der Waals surface area contributed by atoms with E-state index in [1.165, 1.54) is 16.7 Å². The Morgan fingerprint density at radius 2 is 1.69 bits per heavy atom. The van der Waals surface area contributed by atoms with E-state index < -0.39 is 0 Å². The number of hydrogen-bond donors (Lipinski definition) is 0. The van der Waals surface area contributed by atoms with Crippen molar-refractivity contribution in [3.63, 3.8) is 0 Å². The van der Waals surface area contributed by atoms with Gasteiger partial charge < -0.3 is 4.90 Å². The maximum atomic E-state index is 13.3. The molecule has 1 atom stereocenters. The fourth-order valence-corrected chi connectivity index (χ4v) is 4.72. The molecule has 4 rings (SSSR count). The van der Waals surface area contributed by atoms with Gasteiger partial charge in [-0.25, -0.2) is 5.01 Å². The third-order valence-corrected chi connectivity index (χ3v) is 6.92. The number of nitrogens with zero attached hydrogens (tertiary/aromatic N) is 3. The molecule has 1 saturated carbocycles. The van der Waals surface area contributed by atoms with Gasteiger partial charge in [0.1, 0.15) is 6.54 Å². The molecule has 5 heteroatoms. The summed E-state index contributed by atoms with van der Waals surface area (Å²) < 4.78 is 0. The van der Waals surface area contributed by atoms with Crippen LogP contribution in [0.15, 0.2) is 47.6 Å². The highest BCUT2D eigenvalue weighted by atomic mass is 16.2. The number of carbonyl (C=O) groups excluding carboxylic acids is 2. The number of amides is 2. The molecule has 5 nitrogen and oxygen atoms in total. The lowest BCUT2D eigenvalue weighted by molar-refractivity contribution is -0.142. The summed E-state index contributed by atoms with van der Waals surface area (Å²) in [6.07, 6.45) is 4.73. The van der Waals surface area contributed by atoms with Gasteiger partial charge >= 0.3 is 0 Å². The van der Waals surface area contributed by atoms with E-state index in [2.05, 4.69) is 63.2 Å². The highest BCUT2D eigenvalue weighted by Crippen LogP contribution is 2.34. The molecule has 1 fully saturated rings. The quantitative estimate of drug-likeness (QED) is 0.673. The molecule has 2 amide bonds. The molecule has 0 N–H and O–H groups in total. The fraction of sp³-hybridized carbons (Fsp3) is 0.444. The van der Waals surface area contributed by atoms with Crippen LogP contribution in [-0.2, 0) is 9.59 Å². The Bertz CT molecular complexity index is 1040. The van der Waals surface area contributed by atoms with Crippen LogP contribution >= 0.6 is 0 Å². The Morgan fingerprint density at radius 1 is 1.00 bits per heavy atom. The first-order valence-corrected chi connectivity index (χ1v) is 11.6. The first-order chi connectivity index (χ1) is 15.3. The van der Waals surface area contributed by atoms with Crippen molar-refractivity contribution >= 4 is 17.5 Å². The van der Waals surface area contributed by atoms with E-state index in [1.54, 1.807) is 17.0 Å². The van der Waals surface area contributed by atoms with Crippen molar-refractivity contribution < 1.29 is 9.59 Å². The van der Waals surface area contributed by atoms with Crippen LogP contribution in [0.5, 0.6) is 0 Å². The van der Waals surface area contributed by atoms with E-state index in [1.807, 2.05) is 0 Å². The van der Waals surface area contributed by atoms with E-state index in [0.717, 1.165) is 42.5 Å². The Morgan fingerprint density at radius 3 is 2.34 bits per heavy atom. The topological polar surface area (TPSA) is 53.0 Å². The summed E-state index contributed by atoms with van der Waals surface area (Å²) in [6.45, 7) is 6.30. The third-order valence-electron chi connectivity index (χ3n) is 6.92. The molecule has 2 aromatic rings. The molecule has 2 aliphatic rings. The van der Waals surface area contributed by atoms with Crippen molar-refractivity contribution in [1.29, 1.82) is 0 Å². The minimum absolute atomic E-state index is 0.0569. The molecule has 32 heavy (non-hydrogen) atoms. The number of rotatable bonds is 5. The predicted octanol–water partition coefficient (Wildman–Crippen LogP) is 4.94. The number of hydrazone groups is 1. The van der Waals surface area contributed by atoms with Crippen molar-refractivity contribution in [2.24, 2.45) is 11.0 Å². The largest absolute Gasteiger partial charge is 0.336 e. The van der Waals surface area contributed by atoms with Crippen molar-refractivity contribution in [2.45, 2.75) is 58.9 Å². The summed E-state index contributed by atoms with van der Waals surface area (Å²) in [4.78, 5) is 27.7. The Balaban J connectivity index is 1.58. The molecule has 1 aliphatic heterocycles. The van der Waals surface area contributed by atoms with Crippen LogP contribution in [0.3, 0.4) is 0 Å². The summed E-state index contributed by atoms with van der Waals surface area (Å²) in [5.41, 5.74) is 6.66. The van der Waals surface area contributed by atoms with Crippen LogP contribution in [0, 0.1) is 26.7 Å². The maximum Gasteiger partial charge on any atom is 0.262 e. The average Bonchev–Trinajstić information content (AvgIpc) is 3.46. The van der Waals surface area contributed by atoms with Gasteiger partial charge in [-0.3, -0.25) is 9.59 Å². The lowest BCUT2D eigenvalue weighted by atomic mass is 9.96. The van der Waals surface area contributed by atoms with E-state index in [9.17, 15) is 9.59 Å². The highest BCUT2D eigenvalue weighted by Gasteiger charge is 2.35. The van der Waals surface area contributed by atoms with E-state index >= 15 is 0 Å². The van der Waals surface area contributed by atoms with Gasteiger partial charge in [0.25, 0.3) is 5.91 Å². The summed E-state index contributed by atoms with van der Waals surface area (Å²) in [7, 11) is 1.74. The second kappa shape index (κ2) is 9.27. The minimum Gasteiger partial charge on any atom is -0.336 e. The van der Waals surface area contributed by atoms with Gasteiger partial charge in [0, 0.05) is 19.4 Å². The molecule has 0 unspecified atom stereocenters. The van der Waals surface area contributed by atoms with Gasteiger partial charge in [0.15, 0.2) is 0 Å². The van der Waals surface area contributed by atoms with Gasteiger partial charge in [-0.1, -0.05) is 54.8 Å². The van der Waals surface area contributed by atoms with E-state index in [-0.39, 0.29) is 30.3 Å². The molecule has 1 heterocycles. The molecule has 0 radical (unpaired) electrons. The number of carbonyl (C=O) groups is 2. The second-order valence-electron chi connectivity index (χ2n) is 9.39. The molecule has 1 aliphatic carbocycles. The second-order valence-corrected chi connectivity index (χ2v) is 9.39. The molecule has 0 aromatic heterocycles. The zero-order chi connectivity index (χ0) is 22.8. The minimum atomic E-state index is -0.158. The van der Waals surface area contributed by atoms with Crippen molar-refractivity contribution in [2.75, 3.05) is 13.6 Å². The first-order valence-electron chi connectivity index (χ1n) is 11.6. The van der Waals surface area contributed by atoms with Crippen molar-refractivity contribution in [3.05, 3.63) is 70.3 Å². The summed E-state index contributed by atoms with van der Waals surface area (Å²) in [5, 5.41) is 6.39. The number of aryl methyl sites for hydroxylation is 3. The van der Waals surface area contributed by atoms with Crippen LogP contribution in [0.1, 0.15) is 66.0 Å². The summed E-state index contributed by atoms with van der Waals surface area (Å²) in [5.74, 6) is 0.0115. The predicted molar refractivity (Wildman–Crippen MR) is 127 cm³/mol. The van der Waals surface area contributed by atoms with Crippen LogP contribution in [-0.4, -0.2) is 41.0 Å². The summed E-state index contributed by atoms with van der Waals surface area (Å²) >= 11 is 0. The number of hydrogen-bond acceptors (Lipinski definition) is 3. The Hall–Kier alpha value is -2.95. The van der Waals surface area contributed by atoms with Gasteiger partial charge in [0.05, 0.1) is 11.8 Å². The third kappa shape index (κ3) is 4.62. The zero-order valence-corrected chi connectivity index (χ0v) is 19.6. The SMILES string of the molecule is Cc1ccc([C@@H]2CC(c3ccc(C)c(C)c3)=NN2C(=O)CN(C)C(=O)C2CCCC2)cc1. The van der Waals surface area contributed by atoms with Gasteiger partial charge in [-0.2, -0.15) is 5.10 Å². The van der Waals surface area contributed by atoms with Gasteiger partial charge in [0.2, 0.25) is 5.91 Å². The number of benzene rings is 2. The van der Waals surface area contributed by atoms with Gasteiger partial charge in [-0.05, 0) is 61.9 Å². The van der Waals surface area contributed by atoms with Crippen LogP contribution in [0.4, 0.5) is 0 Å². The van der Waals surface area contributed by atoms with E-state index in [0.29, 0.717) is 6.42 Å². The average molecular weight is 432 g/mol. The lowest BCUT2D eigenvalue weighted by Gasteiger charge is -2.26. The fourth-order valence-electron chi connectivity index (χ4n) is 4.72. The van der Waals surface area contributed by atoms with Crippen molar-refractivity contribution in [1.82, 2.24) is 9.91 Å². The van der Waals surface area contributed by atoms with Crippen LogP contribution in [0.25, 0.3) is 0 Å². The lowest BCUT2D eigenvalue weighted by Crippen LogP contribution is -2.41. The Labute approximate surface area is 191 Å². The molecular weight excluding hydrogens is 398 g/mol. The highest BCUT2D eigenvalue weighted by molar-refractivity contribution is 6.03. The van der Waals surface area contributed by atoms with E-state index in [4.69, 9.17) is 5.10 Å². The monoisotopic (exact) mass is 431 g/mol. The normalized spacial score (nSPS) is 18.7. The molecule has 2 aromatic carbocycles. The van der Waals surface area contributed by atoms with Crippen LogP contribution < -0.4 is 0 Å². The smallest absolute Gasteiger partial charge is 0.262 e. The standard InChI is InChI=1S/C27H33N3O2/c1-18-9-12-21(13-10-18)25-16-24(23-14-11-19(2)20(3)15-23)28-30(25)26(31)17-29(4)27(32)22-7-5-6-8-22/h9-15,22,25H,5-8,16-17H2,1-4H3/t25-/m0/s1. The maximum absolute atomic E-state index is 13.3.